The van der Waals surface area contributed by atoms with Gasteiger partial charge in [-0.1, -0.05) is 24.6 Å². The smallest absolute Gasteiger partial charge is 0.0409 e. The maximum Gasteiger partial charge on any atom is 0.0409 e. The molecular formula is C14H21N. The molecule has 1 aromatic carbocycles. The van der Waals surface area contributed by atoms with E-state index in [1.165, 1.54) is 28.8 Å². The zero-order valence-corrected chi connectivity index (χ0v) is 10.4. The fourth-order valence-corrected chi connectivity index (χ4v) is 2.82. The van der Waals surface area contributed by atoms with Gasteiger partial charge >= 0.3 is 0 Å². The van der Waals surface area contributed by atoms with Gasteiger partial charge in [0.2, 0.25) is 0 Å². The van der Waals surface area contributed by atoms with Crippen molar-refractivity contribution in [2.45, 2.75) is 52.5 Å². The van der Waals surface area contributed by atoms with E-state index in [4.69, 9.17) is 0 Å². The lowest BCUT2D eigenvalue weighted by Crippen LogP contribution is -2.37. The van der Waals surface area contributed by atoms with Crippen LogP contribution >= 0.6 is 0 Å². The zero-order valence-electron chi connectivity index (χ0n) is 10.4. The molecule has 1 nitrogen and oxygen atoms in total. The first-order valence-electron chi connectivity index (χ1n) is 5.78. The molecule has 82 valence electrons. The van der Waals surface area contributed by atoms with Crippen LogP contribution < -0.4 is 5.32 Å². The van der Waals surface area contributed by atoms with E-state index in [1.54, 1.807) is 0 Å². The highest BCUT2D eigenvalue weighted by Gasteiger charge is 2.29. The summed E-state index contributed by atoms with van der Waals surface area (Å²) in [4.78, 5) is 0. The summed E-state index contributed by atoms with van der Waals surface area (Å²) in [6, 6.07) is 4.59. The lowest BCUT2D eigenvalue weighted by molar-refractivity contribution is 0.453. The van der Waals surface area contributed by atoms with Gasteiger partial charge in [0.25, 0.3) is 0 Å². The van der Waals surface area contributed by atoms with Crippen molar-refractivity contribution in [3.8, 4) is 0 Å². The van der Waals surface area contributed by atoms with E-state index in [2.05, 4.69) is 52.1 Å². The molecule has 1 atom stereocenters. The highest BCUT2D eigenvalue weighted by molar-refractivity contribution is 5.63. The Bertz CT molecular complexity index is 391. The molecule has 1 aliphatic heterocycles. The topological polar surface area (TPSA) is 12.0 Å². The minimum atomic E-state index is 0.229. The van der Waals surface area contributed by atoms with Gasteiger partial charge in [-0.15, -0.1) is 0 Å². The molecule has 0 radical (unpaired) electrons. The van der Waals surface area contributed by atoms with E-state index in [0.29, 0.717) is 5.92 Å². The molecule has 1 aliphatic rings. The van der Waals surface area contributed by atoms with Crippen molar-refractivity contribution < 1.29 is 0 Å². The third-order valence-electron chi connectivity index (χ3n) is 3.32. The molecule has 2 rings (SSSR count). The molecule has 1 aromatic rings. The molecule has 1 unspecified atom stereocenters. The number of hydrogen-bond donors (Lipinski definition) is 1. The average molecular weight is 203 g/mol. The monoisotopic (exact) mass is 203 g/mol. The Kier molecular flexibility index (Phi) is 2.29. The fourth-order valence-electron chi connectivity index (χ4n) is 2.82. The van der Waals surface area contributed by atoms with Crippen LogP contribution in [0.2, 0.25) is 0 Å². The molecule has 0 amide bonds. The van der Waals surface area contributed by atoms with Crippen LogP contribution in [-0.4, -0.2) is 5.54 Å². The van der Waals surface area contributed by atoms with Gasteiger partial charge in [-0.2, -0.15) is 0 Å². The first kappa shape index (κ1) is 10.5. The number of anilines is 1. The highest BCUT2D eigenvalue weighted by Crippen LogP contribution is 2.40. The number of aryl methyl sites for hydroxylation is 2. The number of benzene rings is 1. The highest BCUT2D eigenvalue weighted by atomic mass is 15.0. The third kappa shape index (κ3) is 1.88. The molecule has 0 spiro atoms. The van der Waals surface area contributed by atoms with Crippen LogP contribution in [-0.2, 0) is 0 Å². The molecule has 0 saturated carbocycles. The first-order chi connectivity index (χ1) is 6.89. The molecule has 1 heteroatoms. The van der Waals surface area contributed by atoms with Gasteiger partial charge in [-0.05, 0) is 51.2 Å². The van der Waals surface area contributed by atoms with Gasteiger partial charge in [0, 0.05) is 11.2 Å². The number of rotatable bonds is 0. The third-order valence-corrected chi connectivity index (χ3v) is 3.32. The van der Waals surface area contributed by atoms with Gasteiger partial charge in [-0.25, -0.2) is 0 Å². The van der Waals surface area contributed by atoms with Crippen LogP contribution in [0.1, 0.15) is 49.8 Å². The Hall–Kier alpha value is -0.980. The Balaban J connectivity index is 2.55. The lowest BCUT2D eigenvalue weighted by Gasteiger charge is -2.38. The molecule has 15 heavy (non-hydrogen) atoms. The van der Waals surface area contributed by atoms with Gasteiger partial charge < -0.3 is 5.32 Å². The molecule has 1 N–H and O–H groups in total. The van der Waals surface area contributed by atoms with E-state index >= 15 is 0 Å². The van der Waals surface area contributed by atoms with E-state index in [-0.39, 0.29) is 5.54 Å². The van der Waals surface area contributed by atoms with Crippen molar-refractivity contribution in [3.05, 3.63) is 28.8 Å². The lowest BCUT2D eigenvalue weighted by atomic mass is 9.80. The van der Waals surface area contributed by atoms with Crippen LogP contribution in [0.25, 0.3) is 0 Å². The Morgan fingerprint density at radius 1 is 1.27 bits per heavy atom. The fraction of sp³-hybridized carbons (Fsp3) is 0.571. The van der Waals surface area contributed by atoms with Crippen molar-refractivity contribution in [2.75, 3.05) is 5.32 Å². The molecular weight excluding hydrogens is 182 g/mol. The van der Waals surface area contributed by atoms with Crippen molar-refractivity contribution in [3.63, 3.8) is 0 Å². The zero-order chi connectivity index (χ0) is 11.2. The van der Waals surface area contributed by atoms with Gasteiger partial charge in [0.05, 0.1) is 0 Å². The minimum absolute atomic E-state index is 0.229. The molecule has 0 aromatic heterocycles. The summed E-state index contributed by atoms with van der Waals surface area (Å²) < 4.78 is 0. The van der Waals surface area contributed by atoms with Crippen molar-refractivity contribution in [1.29, 1.82) is 0 Å². The van der Waals surface area contributed by atoms with Crippen molar-refractivity contribution in [1.82, 2.24) is 0 Å². The largest absolute Gasteiger partial charge is 0.380 e. The average Bonchev–Trinajstić information content (AvgIpc) is 2.06. The second-order valence-corrected chi connectivity index (χ2v) is 5.66. The standard InChI is InChI=1S/C14H21N/c1-9-6-10(2)13-12(7-9)11(3)8-14(4,5)15-13/h6-7,11,15H,8H2,1-5H3. The Morgan fingerprint density at radius 2 is 1.93 bits per heavy atom. The van der Waals surface area contributed by atoms with E-state index in [9.17, 15) is 0 Å². The number of fused-ring (bicyclic) bond motifs is 1. The maximum absolute atomic E-state index is 3.66. The van der Waals surface area contributed by atoms with Crippen LogP contribution in [0.3, 0.4) is 0 Å². The van der Waals surface area contributed by atoms with Gasteiger partial charge in [0.15, 0.2) is 0 Å². The maximum atomic E-state index is 3.66. The van der Waals surface area contributed by atoms with E-state index in [0.717, 1.165) is 0 Å². The summed E-state index contributed by atoms with van der Waals surface area (Å²) >= 11 is 0. The first-order valence-corrected chi connectivity index (χ1v) is 5.78. The van der Waals surface area contributed by atoms with Gasteiger partial charge in [-0.3, -0.25) is 0 Å². The summed E-state index contributed by atoms with van der Waals surface area (Å²) in [5, 5.41) is 3.66. The molecule has 0 bridgehead atoms. The SMILES string of the molecule is Cc1cc(C)c2c(c1)C(C)CC(C)(C)N2. The van der Waals surface area contributed by atoms with Crippen LogP contribution in [0.5, 0.6) is 0 Å². The van der Waals surface area contributed by atoms with Gasteiger partial charge in [0.1, 0.15) is 0 Å². The molecule has 1 heterocycles. The number of nitrogens with one attached hydrogen (secondary N) is 1. The minimum Gasteiger partial charge on any atom is -0.380 e. The van der Waals surface area contributed by atoms with Crippen LogP contribution in [0.15, 0.2) is 12.1 Å². The second kappa shape index (κ2) is 3.26. The summed E-state index contributed by atoms with van der Waals surface area (Å²) in [7, 11) is 0. The van der Waals surface area contributed by atoms with Crippen molar-refractivity contribution >= 4 is 5.69 Å². The summed E-state index contributed by atoms with van der Waals surface area (Å²) in [6.45, 7) is 11.3. The molecule has 0 aliphatic carbocycles. The molecule has 0 fully saturated rings. The molecule has 0 saturated heterocycles. The van der Waals surface area contributed by atoms with E-state index in [1.807, 2.05) is 0 Å². The Labute approximate surface area is 92.9 Å². The quantitative estimate of drug-likeness (QED) is 0.672. The van der Waals surface area contributed by atoms with Crippen molar-refractivity contribution in [2.24, 2.45) is 0 Å². The van der Waals surface area contributed by atoms with Crippen LogP contribution in [0.4, 0.5) is 5.69 Å². The van der Waals surface area contributed by atoms with Crippen LogP contribution in [0, 0.1) is 13.8 Å². The summed E-state index contributed by atoms with van der Waals surface area (Å²) in [5.74, 6) is 0.662. The normalized spacial score (nSPS) is 23.1. The second-order valence-electron chi connectivity index (χ2n) is 5.66. The van der Waals surface area contributed by atoms with E-state index < -0.39 is 0 Å². The summed E-state index contributed by atoms with van der Waals surface area (Å²) in [5.41, 5.74) is 5.84. The Morgan fingerprint density at radius 3 is 2.60 bits per heavy atom. The predicted octanol–water partition coefficient (Wildman–Crippen LogP) is 4.00. The predicted molar refractivity (Wildman–Crippen MR) is 66.6 cm³/mol. The number of hydrogen-bond acceptors (Lipinski definition) is 1. The summed E-state index contributed by atoms with van der Waals surface area (Å²) in [6.07, 6.45) is 1.21.